The van der Waals surface area contributed by atoms with Crippen molar-refractivity contribution in [2.75, 3.05) is 6.61 Å². The quantitative estimate of drug-likeness (QED) is 0.757. The molecule has 82 valence electrons. The number of carbonyl (C=O) groups excluding carboxylic acids is 1. The number of rotatable bonds is 3. The molecule has 0 aliphatic rings. The van der Waals surface area contributed by atoms with Crippen LogP contribution in [0, 0.1) is 0 Å². The van der Waals surface area contributed by atoms with Crippen molar-refractivity contribution in [1.82, 2.24) is 9.97 Å². The van der Waals surface area contributed by atoms with E-state index in [-0.39, 0.29) is 5.92 Å². The maximum absolute atomic E-state index is 11.5. The third-order valence-electron chi connectivity index (χ3n) is 1.92. The fourth-order valence-electron chi connectivity index (χ4n) is 1.23. The molecule has 5 nitrogen and oxygen atoms in total. The first-order valence-electron chi connectivity index (χ1n) is 4.82. The minimum atomic E-state index is -0.454. The van der Waals surface area contributed by atoms with Crippen LogP contribution in [0.15, 0.2) is 11.0 Å². The highest BCUT2D eigenvalue weighted by Crippen LogP contribution is 2.15. The second-order valence-corrected chi connectivity index (χ2v) is 3.39. The van der Waals surface area contributed by atoms with Crippen molar-refractivity contribution in [3.05, 3.63) is 27.9 Å². The topological polar surface area (TPSA) is 72.0 Å². The van der Waals surface area contributed by atoms with Gasteiger partial charge in [0.15, 0.2) is 0 Å². The Morgan fingerprint density at radius 1 is 1.60 bits per heavy atom. The summed E-state index contributed by atoms with van der Waals surface area (Å²) in [4.78, 5) is 28.6. The molecule has 0 aliphatic carbocycles. The highest BCUT2D eigenvalue weighted by molar-refractivity contribution is 5.90. The second-order valence-electron chi connectivity index (χ2n) is 3.39. The smallest absolute Gasteiger partial charge is 0.345 e. The Labute approximate surface area is 87.5 Å². The summed E-state index contributed by atoms with van der Waals surface area (Å²) < 4.78 is 4.86. The summed E-state index contributed by atoms with van der Waals surface area (Å²) in [5.74, 6) is -0.412. The molecule has 1 aromatic heterocycles. The predicted octanol–water partition coefficient (Wildman–Crippen LogP) is 1.07. The predicted molar refractivity (Wildman–Crippen MR) is 54.9 cm³/mol. The van der Waals surface area contributed by atoms with E-state index >= 15 is 0 Å². The van der Waals surface area contributed by atoms with Gasteiger partial charge in [-0.05, 0) is 12.8 Å². The molecule has 1 rings (SSSR count). The first-order valence-corrected chi connectivity index (χ1v) is 4.82. The summed E-state index contributed by atoms with van der Waals surface area (Å²) in [6.07, 6.45) is 1.26. The first kappa shape index (κ1) is 11.4. The van der Waals surface area contributed by atoms with Gasteiger partial charge in [0, 0.05) is 11.9 Å². The van der Waals surface area contributed by atoms with Crippen LogP contribution in [-0.4, -0.2) is 22.5 Å². The Hall–Kier alpha value is -1.65. The highest BCUT2D eigenvalue weighted by atomic mass is 16.5. The number of nitrogens with one attached hydrogen (secondary N) is 1. The van der Waals surface area contributed by atoms with Gasteiger partial charge in [-0.1, -0.05) is 13.8 Å². The Kier molecular flexibility index (Phi) is 3.60. The number of carbonyl (C=O) groups is 1. The summed E-state index contributed by atoms with van der Waals surface area (Å²) in [5.41, 5.74) is 0.437. The van der Waals surface area contributed by atoms with E-state index in [1.807, 2.05) is 13.8 Å². The van der Waals surface area contributed by atoms with Gasteiger partial charge in [-0.2, -0.15) is 0 Å². The van der Waals surface area contributed by atoms with E-state index in [4.69, 9.17) is 4.74 Å². The van der Waals surface area contributed by atoms with Gasteiger partial charge >= 0.3 is 11.7 Å². The maximum Gasteiger partial charge on any atom is 0.345 e. The lowest BCUT2D eigenvalue weighted by Crippen LogP contribution is -2.19. The zero-order valence-electron chi connectivity index (χ0n) is 9.03. The van der Waals surface area contributed by atoms with Gasteiger partial charge < -0.3 is 9.72 Å². The highest BCUT2D eigenvalue weighted by Gasteiger charge is 2.16. The minimum Gasteiger partial charge on any atom is -0.462 e. The third-order valence-corrected chi connectivity index (χ3v) is 1.92. The SMILES string of the molecule is CCOC(=O)c1cnc(=O)[nH]c1C(C)C. The van der Waals surface area contributed by atoms with Crippen molar-refractivity contribution < 1.29 is 9.53 Å². The zero-order chi connectivity index (χ0) is 11.4. The number of esters is 1. The fraction of sp³-hybridized carbons (Fsp3) is 0.500. The number of H-pyrrole nitrogens is 1. The molecule has 0 bridgehead atoms. The van der Waals surface area contributed by atoms with Gasteiger partial charge in [0.05, 0.1) is 12.2 Å². The van der Waals surface area contributed by atoms with Gasteiger partial charge in [0.1, 0.15) is 0 Å². The van der Waals surface area contributed by atoms with E-state index in [1.165, 1.54) is 6.20 Å². The van der Waals surface area contributed by atoms with Gasteiger partial charge in [-0.25, -0.2) is 14.6 Å². The normalized spacial score (nSPS) is 10.4. The van der Waals surface area contributed by atoms with Crippen molar-refractivity contribution >= 4 is 5.97 Å². The van der Waals surface area contributed by atoms with Crippen LogP contribution in [0.25, 0.3) is 0 Å². The lowest BCUT2D eigenvalue weighted by Gasteiger charge is -2.09. The molecule has 0 saturated heterocycles. The summed E-state index contributed by atoms with van der Waals surface area (Å²) in [6.45, 7) is 5.80. The Morgan fingerprint density at radius 3 is 2.80 bits per heavy atom. The molecule has 0 aliphatic heterocycles. The molecule has 0 atom stereocenters. The monoisotopic (exact) mass is 210 g/mol. The van der Waals surface area contributed by atoms with Crippen LogP contribution in [0.4, 0.5) is 0 Å². The van der Waals surface area contributed by atoms with Crippen LogP contribution >= 0.6 is 0 Å². The van der Waals surface area contributed by atoms with E-state index in [1.54, 1.807) is 6.92 Å². The van der Waals surface area contributed by atoms with E-state index in [2.05, 4.69) is 9.97 Å². The minimum absolute atomic E-state index is 0.0418. The summed E-state index contributed by atoms with van der Waals surface area (Å²) in [5, 5.41) is 0. The van der Waals surface area contributed by atoms with E-state index < -0.39 is 11.7 Å². The second kappa shape index (κ2) is 4.72. The number of hydrogen-bond donors (Lipinski definition) is 1. The third kappa shape index (κ3) is 2.65. The number of nitrogens with zero attached hydrogens (tertiary/aromatic N) is 1. The molecule has 0 unspecified atom stereocenters. The molecule has 15 heavy (non-hydrogen) atoms. The largest absolute Gasteiger partial charge is 0.462 e. The molecule has 0 aromatic carbocycles. The number of aromatic nitrogens is 2. The van der Waals surface area contributed by atoms with Gasteiger partial charge in [-0.3, -0.25) is 0 Å². The summed E-state index contributed by atoms with van der Waals surface area (Å²) in [6, 6.07) is 0. The van der Waals surface area contributed by atoms with Gasteiger partial charge in [0.2, 0.25) is 0 Å². The van der Waals surface area contributed by atoms with Crippen molar-refractivity contribution in [1.29, 1.82) is 0 Å². The molecule has 0 radical (unpaired) electrons. The Balaban J connectivity index is 3.17. The fourth-order valence-corrected chi connectivity index (χ4v) is 1.23. The van der Waals surface area contributed by atoms with E-state index in [0.29, 0.717) is 17.9 Å². The van der Waals surface area contributed by atoms with Crippen LogP contribution in [0.1, 0.15) is 42.7 Å². The average molecular weight is 210 g/mol. The standard InChI is InChI=1S/C10H14N2O3/c1-4-15-9(13)7-5-11-10(14)12-8(7)6(2)3/h5-6H,4H2,1-3H3,(H,11,12,14). The van der Waals surface area contributed by atoms with E-state index in [9.17, 15) is 9.59 Å². The first-order chi connectivity index (χ1) is 7.06. The van der Waals surface area contributed by atoms with E-state index in [0.717, 1.165) is 0 Å². The van der Waals surface area contributed by atoms with Crippen LogP contribution in [0.5, 0.6) is 0 Å². The molecule has 0 amide bonds. The van der Waals surface area contributed by atoms with Crippen molar-refractivity contribution in [3.8, 4) is 0 Å². The van der Waals surface area contributed by atoms with Crippen LogP contribution < -0.4 is 5.69 Å². The molecule has 0 saturated carbocycles. The van der Waals surface area contributed by atoms with Crippen molar-refractivity contribution in [3.63, 3.8) is 0 Å². The van der Waals surface area contributed by atoms with Gasteiger partial charge in [0.25, 0.3) is 0 Å². The molecule has 1 N–H and O–H groups in total. The Bertz CT molecular complexity index is 409. The van der Waals surface area contributed by atoms with Gasteiger partial charge in [-0.15, -0.1) is 0 Å². The number of aromatic amines is 1. The molecule has 0 fully saturated rings. The molecule has 5 heteroatoms. The summed E-state index contributed by atoms with van der Waals surface area (Å²) >= 11 is 0. The molecule has 1 heterocycles. The van der Waals surface area contributed by atoms with Crippen molar-refractivity contribution in [2.45, 2.75) is 26.7 Å². The summed E-state index contributed by atoms with van der Waals surface area (Å²) in [7, 11) is 0. The average Bonchev–Trinajstić information content (AvgIpc) is 2.17. The molecule has 0 spiro atoms. The zero-order valence-corrected chi connectivity index (χ0v) is 9.03. The number of hydrogen-bond acceptors (Lipinski definition) is 4. The van der Waals surface area contributed by atoms with Crippen molar-refractivity contribution in [2.24, 2.45) is 0 Å². The number of ether oxygens (including phenoxy) is 1. The Morgan fingerprint density at radius 2 is 2.27 bits per heavy atom. The maximum atomic E-state index is 11.5. The van der Waals surface area contributed by atoms with Crippen LogP contribution in [0.2, 0.25) is 0 Å². The molecule has 1 aromatic rings. The van der Waals surface area contributed by atoms with Crippen LogP contribution in [-0.2, 0) is 4.74 Å². The lowest BCUT2D eigenvalue weighted by atomic mass is 10.1. The molecular weight excluding hydrogens is 196 g/mol. The molecular formula is C10H14N2O3. The van der Waals surface area contributed by atoms with Crippen LogP contribution in [0.3, 0.4) is 0 Å². The lowest BCUT2D eigenvalue weighted by molar-refractivity contribution is 0.0523.